The summed E-state index contributed by atoms with van der Waals surface area (Å²) in [5, 5.41) is 10.7. The fraction of sp³-hybridized carbons (Fsp3) is 0.167. The van der Waals surface area contributed by atoms with E-state index in [-0.39, 0.29) is 29.5 Å². The zero-order valence-corrected chi connectivity index (χ0v) is 14.3. The fourth-order valence-corrected chi connectivity index (χ4v) is 2.50. The molecule has 3 rings (SSSR count). The maximum absolute atomic E-state index is 12.7. The first-order valence-corrected chi connectivity index (χ1v) is 7.94. The van der Waals surface area contributed by atoms with Crippen LogP contribution >= 0.6 is 11.6 Å². The summed E-state index contributed by atoms with van der Waals surface area (Å²) in [6, 6.07) is 7.60. The van der Waals surface area contributed by atoms with Gasteiger partial charge in [-0.1, -0.05) is 23.7 Å². The molecule has 0 aliphatic carbocycles. The summed E-state index contributed by atoms with van der Waals surface area (Å²) in [5.74, 6) is -0.0840. The number of hydrogen-bond acceptors (Lipinski definition) is 3. The van der Waals surface area contributed by atoms with Crippen LogP contribution in [-0.4, -0.2) is 15.1 Å². The van der Waals surface area contributed by atoms with Crippen LogP contribution in [0.5, 0.6) is 11.6 Å². The van der Waals surface area contributed by atoms with Gasteiger partial charge in [0, 0.05) is 23.5 Å². The molecule has 136 valence electrons. The molecule has 2 N–H and O–H groups in total. The van der Waals surface area contributed by atoms with Crippen LogP contribution < -0.4 is 4.74 Å². The monoisotopic (exact) mass is 382 g/mol. The van der Waals surface area contributed by atoms with Gasteiger partial charge in [0.25, 0.3) is 0 Å². The number of aromatic hydroxyl groups is 1. The van der Waals surface area contributed by atoms with E-state index in [4.69, 9.17) is 16.3 Å². The number of nitrogens with zero attached hydrogens (tertiary/aromatic N) is 1. The molecule has 0 atom stereocenters. The van der Waals surface area contributed by atoms with Gasteiger partial charge in [-0.3, -0.25) is 0 Å². The normalized spacial score (nSPS) is 11.6. The van der Waals surface area contributed by atoms with Gasteiger partial charge in [-0.15, -0.1) is 0 Å². The first kappa shape index (κ1) is 18.1. The van der Waals surface area contributed by atoms with Crippen LogP contribution in [0.25, 0.3) is 11.3 Å². The third-order valence-electron chi connectivity index (χ3n) is 3.77. The van der Waals surface area contributed by atoms with E-state index in [1.165, 1.54) is 12.3 Å². The number of benzene rings is 1. The standard InChI is InChI=1S/C18H14ClF3N2O2/c1-10-4-11(2-3-14(10)19)9-26-17-6-16(25)13(8-24-17)15-5-12(7-23-15)18(20,21)22/h2-8,23H,9H2,1H3,(H,24,25). The number of aromatic nitrogens is 2. The second-order valence-corrected chi connectivity index (χ2v) is 6.12. The molecule has 2 aromatic heterocycles. The molecule has 26 heavy (non-hydrogen) atoms. The van der Waals surface area contributed by atoms with Crippen molar-refractivity contribution in [2.45, 2.75) is 19.7 Å². The summed E-state index contributed by atoms with van der Waals surface area (Å²) in [6.07, 6.45) is -2.37. The van der Waals surface area contributed by atoms with Crippen LogP contribution in [0.3, 0.4) is 0 Å². The van der Waals surface area contributed by atoms with Gasteiger partial charge >= 0.3 is 6.18 Å². The minimum absolute atomic E-state index is 0.113. The van der Waals surface area contributed by atoms with E-state index >= 15 is 0 Å². The van der Waals surface area contributed by atoms with Crippen LogP contribution in [0, 0.1) is 6.92 Å². The SMILES string of the molecule is Cc1cc(COc2cc(O)c(-c3cc(C(F)(F)F)c[nH]3)cn2)ccc1Cl. The summed E-state index contributed by atoms with van der Waals surface area (Å²) in [7, 11) is 0. The number of halogens is 4. The lowest BCUT2D eigenvalue weighted by Crippen LogP contribution is -2.02. The van der Waals surface area contributed by atoms with Crippen molar-refractivity contribution in [3.8, 4) is 22.9 Å². The Bertz CT molecular complexity index is 938. The molecule has 0 bridgehead atoms. The molecule has 0 saturated heterocycles. The van der Waals surface area contributed by atoms with Crippen LogP contribution in [-0.2, 0) is 12.8 Å². The molecule has 4 nitrogen and oxygen atoms in total. The Hall–Kier alpha value is -2.67. The number of pyridine rings is 1. The Morgan fingerprint density at radius 2 is 2.00 bits per heavy atom. The Morgan fingerprint density at radius 1 is 1.23 bits per heavy atom. The van der Waals surface area contributed by atoms with Crippen molar-refractivity contribution in [2.75, 3.05) is 0 Å². The lowest BCUT2D eigenvalue weighted by atomic mass is 10.1. The van der Waals surface area contributed by atoms with Crippen LogP contribution in [0.15, 0.2) is 42.7 Å². The Balaban J connectivity index is 1.75. The minimum atomic E-state index is -4.46. The highest BCUT2D eigenvalue weighted by molar-refractivity contribution is 6.31. The molecular weight excluding hydrogens is 369 g/mol. The zero-order chi connectivity index (χ0) is 18.9. The largest absolute Gasteiger partial charge is 0.507 e. The second-order valence-electron chi connectivity index (χ2n) is 5.71. The van der Waals surface area contributed by atoms with E-state index in [9.17, 15) is 18.3 Å². The number of H-pyrrole nitrogens is 1. The van der Waals surface area contributed by atoms with Crippen molar-refractivity contribution in [1.29, 1.82) is 0 Å². The summed E-state index contributed by atoms with van der Waals surface area (Å²) >= 11 is 5.96. The van der Waals surface area contributed by atoms with Crippen LogP contribution in [0.1, 0.15) is 16.7 Å². The molecule has 0 unspecified atom stereocenters. The first-order valence-electron chi connectivity index (χ1n) is 7.57. The van der Waals surface area contributed by atoms with E-state index in [1.54, 1.807) is 12.1 Å². The summed E-state index contributed by atoms with van der Waals surface area (Å²) in [4.78, 5) is 6.52. The number of hydrogen-bond donors (Lipinski definition) is 2. The van der Waals surface area contributed by atoms with Crippen molar-refractivity contribution in [2.24, 2.45) is 0 Å². The lowest BCUT2D eigenvalue weighted by Gasteiger charge is -2.09. The number of ether oxygens (including phenoxy) is 1. The number of aromatic amines is 1. The summed E-state index contributed by atoms with van der Waals surface area (Å²) in [5.41, 5.74) is 1.21. The van der Waals surface area contributed by atoms with E-state index in [0.717, 1.165) is 23.4 Å². The smallest absolute Gasteiger partial charge is 0.417 e. The Morgan fingerprint density at radius 3 is 2.62 bits per heavy atom. The molecule has 0 aliphatic heterocycles. The van der Waals surface area contributed by atoms with Crippen LogP contribution in [0.2, 0.25) is 5.02 Å². The van der Waals surface area contributed by atoms with Gasteiger partial charge in [0.05, 0.1) is 16.8 Å². The van der Waals surface area contributed by atoms with E-state index in [1.807, 2.05) is 13.0 Å². The van der Waals surface area contributed by atoms with Crippen molar-refractivity contribution in [1.82, 2.24) is 9.97 Å². The average Bonchev–Trinajstić information content (AvgIpc) is 3.06. The first-order chi connectivity index (χ1) is 12.2. The van der Waals surface area contributed by atoms with Gasteiger partial charge in [-0.05, 0) is 30.2 Å². The number of nitrogens with one attached hydrogen (secondary N) is 1. The van der Waals surface area contributed by atoms with E-state index in [2.05, 4.69) is 9.97 Å². The predicted molar refractivity (Wildman–Crippen MR) is 91.2 cm³/mol. The molecule has 0 spiro atoms. The zero-order valence-electron chi connectivity index (χ0n) is 13.6. The summed E-state index contributed by atoms with van der Waals surface area (Å²) < 4.78 is 43.5. The van der Waals surface area contributed by atoms with Gasteiger partial charge in [0.2, 0.25) is 5.88 Å². The Kier molecular flexibility index (Phi) is 4.82. The van der Waals surface area contributed by atoms with E-state index in [0.29, 0.717) is 5.02 Å². The van der Waals surface area contributed by atoms with Crippen molar-refractivity contribution >= 4 is 11.6 Å². The Labute approximate surface area is 152 Å². The molecule has 0 amide bonds. The van der Waals surface area contributed by atoms with Gasteiger partial charge < -0.3 is 14.8 Å². The highest BCUT2D eigenvalue weighted by Gasteiger charge is 2.32. The van der Waals surface area contributed by atoms with E-state index < -0.39 is 11.7 Å². The number of rotatable bonds is 4. The van der Waals surface area contributed by atoms with Gasteiger partial charge in [0.15, 0.2) is 0 Å². The molecule has 0 saturated carbocycles. The van der Waals surface area contributed by atoms with Crippen molar-refractivity contribution in [3.63, 3.8) is 0 Å². The molecule has 0 aliphatic rings. The molecule has 2 heterocycles. The third-order valence-corrected chi connectivity index (χ3v) is 4.19. The maximum Gasteiger partial charge on any atom is 0.417 e. The number of aryl methyl sites for hydroxylation is 1. The molecule has 3 aromatic rings. The van der Waals surface area contributed by atoms with Crippen molar-refractivity contribution < 1.29 is 23.0 Å². The molecule has 8 heteroatoms. The van der Waals surface area contributed by atoms with Gasteiger partial charge in [0.1, 0.15) is 12.4 Å². The van der Waals surface area contributed by atoms with Gasteiger partial charge in [-0.25, -0.2) is 4.98 Å². The molecule has 0 fully saturated rings. The van der Waals surface area contributed by atoms with Crippen LogP contribution in [0.4, 0.5) is 13.2 Å². The van der Waals surface area contributed by atoms with Crippen molar-refractivity contribution in [3.05, 3.63) is 64.4 Å². The maximum atomic E-state index is 12.7. The lowest BCUT2D eigenvalue weighted by molar-refractivity contribution is -0.137. The van der Waals surface area contributed by atoms with Gasteiger partial charge in [-0.2, -0.15) is 13.2 Å². The topological polar surface area (TPSA) is 58.1 Å². The highest BCUT2D eigenvalue weighted by Crippen LogP contribution is 2.35. The third kappa shape index (κ3) is 3.94. The predicted octanol–water partition coefficient (Wildman–Crippen LogP) is 5.34. The quantitative estimate of drug-likeness (QED) is 0.640. The molecule has 1 aromatic carbocycles. The molecular formula is C18H14ClF3N2O2. The summed E-state index contributed by atoms with van der Waals surface area (Å²) in [6.45, 7) is 2.08. The number of alkyl halides is 3. The molecule has 0 radical (unpaired) electrons. The highest BCUT2D eigenvalue weighted by atomic mass is 35.5. The fourth-order valence-electron chi connectivity index (χ4n) is 2.38. The average molecular weight is 383 g/mol. The minimum Gasteiger partial charge on any atom is -0.507 e. The second kappa shape index (κ2) is 6.92.